The van der Waals surface area contributed by atoms with Crippen LogP contribution in [0.25, 0.3) is 0 Å². The fraction of sp³-hybridized carbons (Fsp3) is 0.429. The molecule has 0 spiro atoms. The molecule has 0 saturated heterocycles. The number of nitro benzene ring substituents is 1. The lowest BCUT2D eigenvalue weighted by Gasteiger charge is -2.42. The largest absolute Gasteiger partial charge is 0.496 e. The number of para-hydroxylation sites is 1. The Balaban J connectivity index is 1.96. The molecule has 1 saturated carbocycles. The van der Waals surface area contributed by atoms with E-state index < -0.39 is 6.10 Å². The molecule has 2 aromatic rings. The SMILES string of the molecule is COc1ccc(OC)c2c1[C@@H](c1ccccc1[N+](=O)[O-])O[C@@H]1CCCC[C@@H]21. The molecule has 3 atom stereocenters. The lowest BCUT2D eigenvalue weighted by molar-refractivity contribution is -0.386. The summed E-state index contributed by atoms with van der Waals surface area (Å²) in [5, 5.41) is 11.6. The van der Waals surface area contributed by atoms with Crippen LogP contribution in [-0.4, -0.2) is 25.2 Å². The predicted octanol–water partition coefficient (Wildman–Crippen LogP) is 4.76. The molecule has 0 N–H and O–H groups in total. The Morgan fingerprint density at radius 1 is 1.00 bits per heavy atom. The van der Waals surface area contributed by atoms with Crippen molar-refractivity contribution < 1.29 is 19.1 Å². The highest BCUT2D eigenvalue weighted by molar-refractivity contribution is 5.58. The van der Waals surface area contributed by atoms with E-state index in [9.17, 15) is 10.1 Å². The molecule has 27 heavy (non-hydrogen) atoms. The van der Waals surface area contributed by atoms with Crippen molar-refractivity contribution in [3.8, 4) is 11.5 Å². The normalized spacial score (nSPS) is 23.9. The summed E-state index contributed by atoms with van der Waals surface area (Å²) in [4.78, 5) is 11.3. The van der Waals surface area contributed by atoms with Gasteiger partial charge < -0.3 is 14.2 Å². The van der Waals surface area contributed by atoms with Gasteiger partial charge in [-0.05, 0) is 31.0 Å². The van der Waals surface area contributed by atoms with E-state index >= 15 is 0 Å². The van der Waals surface area contributed by atoms with Crippen molar-refractivity contribution in [2.45, 2.75) is 43.8 Å². The minimum atomic E-state index is -0.550. The molecule has 0 amide bonds. The van der Waals surface area contributed by atoms with Crippen LogP contribution >= 0.6 is 0 Å². The number of rotatable bonds is 4. The molecule has 6 nitrogen and oxygen atoms in total. The van der Waals surface area contributed by atoms with Crippen molar-refractivity contribution in [2.75, 3.05) is 14.2 Å². The van der Waals surface area contributed by atoms with Gasteiger partial charge in [0.1, 0.15) is 17.6 Å². The van der Waals surface area contributed by atoms with Gasteiger partial charge in [0, 0.05) is 23.1 Å². The maximum absolute atomic E-state index is 11.6. The van der Waals surface area contributed by atoms with Gasteiger partial charge in [-0.15, -0.1) is 0 Å². The van der Waals surface area contributed by atoms with Gasteiger partial charge in [0.25, 0.3) is 5.69 Å². The summed E-state index contributed by atoms with van der Waals surface area (Å²) >= 11 is 0. The molecule has 142 valence electrons. The van der Waals surface area contributed by atoms with Gasteiger partial charge in [0.05, 0.1) is 30.8 Å². The van der Waals surface area contributed by atoms with Crippen molar-refractivity contribution in [1.82, 2.24) is 0 Å². The first-order valence-electron chi connectivity index (χ1n) is 9.29. The molecule has 0 bridgehead atoms. The van der Waals surface area contributed by atoms with E-state index in [1.165, 1.54) is 6.07 Å². The topological polar surface area (TPSA) is 70.8 Å². The summed E-state index contributed by atoms with van der Waals surface area (Å²) in [6, 6.07) is 10.6. The van der Waals surface area contributed by atoms with E-state index in [0.29, 0.717) is 11.3 Å². The van der Waals surface area contributed by atoms with Gasteiger partial charge in [-0.1, -0.05) is 25.0 Å². The molecule has 0 radical (unpaired) electrons. The van der Waals surface area contributed by atoms with Crippen LogP contribution in [0.2, 0.25) is 0 Å². The van der Waals surface area contributed by atoms with E-state index in [1.807, 2.05) is 18.2 Å². The highest BCUT2D eigenvalue weighted by atomic mass is 16.6. The van der Waals surface area contributed by atoms with Crippen molar-refractivity contribution in [1.29, 1.82) is 0 Å². The van der Waals surface area contributed by atoms with E-state index in [1.54, 1.807) is 26.4 Å². The Hall–Kier alpha value is -2.60. The van der Waals surface area contributed by atoms with Crippen molar-refractivity contribution in [3.63, 3.8) is 0 Å². The molecule has 1 heterocycles. The number of nitro groups is 1. The second-order valence-electron chi connectivity index (χ2n) is 7.06. The Kier molecular flexibility index (Phi) is 4.74. The average molecular weight is 369 g/mol. The zero-order valence-corrected chi connectivity index (χ0v) is 15.5. The number of hydrogen-bond donors (Lipinski definition) is 0. The predicted molar refractivity (Wildman–Crippen MR) is 101 cm³/mol. The highest BCUT2D eigenvalue weighted by Gasteiger charge is 2.43. The van der Waals surface area contributed by atoms with Crippen LogP contribution in [0.5, 0.6) is 11.5 Å². The van der Waals surface area contributed by atoms with Crippen molar-refractivity contribution in [3.05, 3.63) is 63.2 Å². The number of benzene rings is 2. The van der Waals surface area contributed by atoms with E-state index in [2.05, 4.69) is 0 Å². The van der Waals surface area contributed by atoms with Crippen LogP contribution in [0.15, 0.2) is 36.4 Å². The molecule has 0 unspecified atom stereocenters. The first kappa shape index (κ1) is 17.8. The first-order valence-corrected chi connectivity index (χ1v) is 9.29. The van der Waals surface area contributed by atoms with Crippen LogP contribution in [-0.2, 0) is 4.74 Å². The molecule has 6 heteroatoms. The molecule has 2 aliphatic rings. The Morgan fingerprint density at radius 3 is 2.37 bits per heavy atom. The molecule has 4 rings (SSSR count). The zero-order valence-electron chi connectivity index (χ0n) is 15.5. The first-order chi connectivity index (χ1) is 13.2. The van der Waals surface area contributed by atoms with Crippen LogP contribution in [0.3, 0.4) is 0 Å². The molecule has 0 aromatic heterocycles. The van der Waals surface area contributed by atoms with Crippen LogP contribution in [0, 0.1) is 10.1 Å². The summed E-state index contributed by atoms with van der Waals surface area (Å²) in [5.74, 6) is 1.70. The monoisotopic (exact) mass is 369 g/mol. The third-order valence-corrected chi connectivity index (χ3v) is 5.71. The number of fused-ring (bicyclic) bond motifs is 3. The van der Waals surface area contributed by atoms with E-state index in [0.717, 1.165) is 42.6 Å². The molecule has 1 aliphatic carbocycles. The van der Waals surface area contributed by atoms with Crippen molar-refractivity contribution >= 4 is 5.69 Å². The van der Waals surface area contributed by atoms with Crippen molar-refractivity contribution in [2.24, 2.45) is 0 Å². The van der Waals surface area contributed by atoms with Gasteiger partial charge >= 0.3 is 0 Å². The van der Waals surface area contributed by atoms with Gasteiger partial charge in [-0.2, -0.15) is 0 Å². The third kappa shape index (κ3) is 2.94. The van der Waals surface area contributed by atoms with E-state index in [4.69, 9.17) is 14.2 Å². The smallest absolute Gasteiger partial charge is 0.275 e. The Morgan fingerprint density at radius 2 is 1.67 bits per heavy atom. The number of methoxy groups -OCH3 is 2. The van der Waals surface area contributed by atoms with Gasteiger partial charge in [-0.25, -0.2) is 0 Å². The summed E-state index contributed by atoms with van der Waals surface area (Å²) in [5.41, 5.74) is 2.55. The summed E-state index contributed by atoms with van der Waals surface area (Å²) in [6.45, 7) is 0. The summed E-state index contributed by atoms with van der Waals surface area (Å²) in [6.07, 6.45) is 3.68. The molecule has 2 aromatic carbocycles. The van der Waals surface area contributed by atoms with Crippen LogP contribution in [0.1, 0.15) is 54.4 Å². The quantitative estimate of drug-likeness (QED) is 0.574. The molecular formula is C21H23NO5. The van der Waals surface area contributed by atoms with Gasteiger partial charge in [0.2, 0.25) is 0 Å². The average Bonchev–Trinajstić information content (AvgIpc) is 2.72. The molecule has 1 aliphatic heterocycles. The lowest BCUT2D eigenvalue weighted by atomic mass is 9.75. The third-order valence-electron chi connectivity index (χ3n) is 5.71. The molecule has 1 fully saturated rings. The maximum Gasteiger partial charge on any atom is 0.275 e. The van der Waals surface area contributed by atoms with E-state index in [-0.39, 0.29) is 22.6 Å². The second kappa shape index (κ2) is 7.19. The second-order valence-corrected chi connectivity index (χ2v) is 7.06. The minimum Gasteiger partial charge on any atom is -0.496 e. The number of nitrogens with zero attached hydrogens (tertiary/aromatic N) is 1. The fourth-order valence-corrected chi connectivity index (χ4v) is 4.54. The summed E-state index contributed by atoms with van der Waals surface area (Å²) in [7, 11) is 3.28. The summed E-state index contributed by atoms with van der Waals surface area (Å²) < 4.78 is 17.8. The van der Waals surface area contributed by atoms with Crippen LogP contribution in [0.4, 0.5) is 5.69 Å². The maximum atomic E-state index is 11.6. The van der Waals surface area contributed by atoms with Gasteiger partial charge in [0.15, 0.2) is 0 Å². The zero-order chi connectivity index (χ0) is 19.0. The fourth-order valence-electron chi connectivity index (χ4n) is 4.54. The Labute approximate surface area is 158 Å². The number of ether oxygens (including phenoxy) is 3. The highest BCUT2D eigenvalue weighted by Crippen LogP contribution is 2.53. The standard InChI is InChI=1S/C21H23NO5/c1-25-17-11-12-18(26-2)20-19(17)14-8-4-6-10-16(14)27-21(20)13-7-3-5-9-15(13)22(23)24/h3,5,7,9,11-12,14,16,21H,4,6,8,10H2,1-2H3/t14-,16-,21-/m1/s1. The van der Waals surface area contributed by atoms with Crippen LogP contribution < -0.4 is 9.47 Å². The van der Waals surface area contributed by atoms with Gasteiger partial charge in [-0.3, -0.25) is 10.1 Å². The molecular weight excluding hydrogens is 346 g/mol. The minimum absolute atomic E-state index is 0.0251. The Bertz CT molecular complexity index is 866. The lowest BCUT2D eigenvalue weighted by Crippen LogP contribution is -2.34. The number of hydrogen-bond acceptors (Lipinski definition) is 5.